The first-order valence-electron chi connectivity index (χ1n) is 7.89. The third-order valence-corrected chi connectivity index (χ3v) is 5.31. The second-order valence-electron chi connectivity index (χ2n) is 6.08. The number of ether oxygens (including phenoxy) is 1. The van der Waals surface area contributed by atoms with E-state index in [2.05, 4.69) is 15.9 Å². The normalized spacial score (nSPS) is 19.7. The number of esters is 1. The Bertz CT molecular complexity index is 975. The summed E-state index contributed by atoms with van der Waals surface area (Å²) in [6.45, 7) is -0.000590. The zero-order valence-electron chi connectivity index (χ0n) is 13.3. The number of carbonyl (C=O) groups is 2. The average Bonchev–Trinajstić information content (AvgIpc) is 2.98. The number of hydrogen-bond donors (Lipinski definition) is 0. The number of anilines is 1. The fraction of sp³-hybridized carbons (Fsp3) is 0.158. The number of halogens is 3. The van der Waals surface area contributed by atoms with Crippen LogP contribution in [0.5, 0.6) is 0 Å². The molecule has 2 aliphatic heterocycles. The molecule has 2 heterocycles. The summed E-state index contributed by atoms with van der Waals surface area (Å²) in [7, 11) is 0. The first kappa shape index (κ1) is 17.2. The number of amides is 1. The molecule has 1 atom stereocenters. The van der Waals surface area contributed by atoms with Crippen molar-refractivity contribution < 1.29 is 18.7 Å². The Kier molecular flexibility index (Phi) is 4.32. The van der Waals surface area contributed by atoms with Crippen molar-refractivity contribution in [2.75, 3.05) is 11.5 Å². The zero-order chi connectivity index (χ0) is 18.4. The fourth-order valence-corrected chi connectivity index (χ4v) is 3.98. The summed E-state index contributed by atoms with van der Waals surface area (Å²) in [6.07, 6.45) is 0.110. The van der Waals surface area contributed by atoms with Crippen LogP contribution in [0.1, 0.15) is 17.9 Å². The van der Waals surface area contributed by atoms with Gasteiger partial charge in [-0.2, -0.15) is 0 Å². The van der Waals surface area contributed by atoms with Crippen LogP contribution in [0.3, 0.4) is 0 Å². The number of nitrogens with zero attached hydrogens (tertiary/aromatic N) is 1. The second kappa shape index (κ2) is 6.52. The lowest BCUT2D eigenvalue weighted by Gasteiger charge is -2.32. The maximum Gasteiger partial charge on any atom is 0.336 e. The van der Waals surface area contributed by atoms with E-state index in [1.165, 1.54) is 23.1 Å². The monoisotopic (exact) mass is 435 g/mol. The molecule has 0 saturated carbocycles. The van der Waals surface area contributed by atoms with Gasteiger partial charge in [0, 0.05) is 16.8 Å². The van der Waals surface area contributed by atoms with Crippen molar-refractivity contribution >= 4 is 45.1 Å². The van der Waals surface area contributed by atoms with Gasteiger partial charge in [0.25, 0.3) is 0 Å². The number of rotatable bonds is 2. The lowest BCUT2D eigenvalue weighted by molar-refractivity contribution is -0.136. The van der Waals surface area contributed by atoms with Crippen LogP contribution in [0, 0.1) is 5.82 Å². The standard InChI is InChI=1S/C19H12BrClFNO3/c20-11-3-1-2-10(6-11)13-8-17(24)23(16-9-26-19(25)18(13)16)12-4-5-15(22)14(21)7-12/h1-7,13H,8-9H2. The summed E-state index contributed by atoms with van der Waals surface area (Å²) in [6, 6.07) is 11.5. The summed E-state index contributed by atoms with van der Waals surface area (Å²) in [4.78, 5) is 26.7. The van der Waals surface area contributed by atoms with Crippen molar-refractivity contribution in [3.8, 4) is 0 Å². The van der Waals surface area contributed by atoms with E-state index < -0.39 is 11.8 Å². The minimum absolute atomic E-state index is 0.000590. The summed E-state index contributed by atoms with van der Waals surface area (Å²) in [5.41, 5.74) is 2.22. The van der Waals surface area contributed by atoms with Crippen molar-refractivity contribution in [1.29, 1.82) is 0 Å². The number of benzene rings is 2. The highest BCUT2D eigenvalue weighted by Gasteiger charge is 2.43. The van der Waals surface area contributed by atoms with Crippen molar-refractivity contribution in [3.05, 3.63) is 74.6 Å². The first-order valence-corrected chi connectivity index (χ1v) is 9.06. The van der Waals surface area contributed by atoms with Gasteiger partial charge in [0.1, 0.15) is 12.4 Å². The van der Waals surface area contributed by atoms with Gasteiger partial charge in [0.05, 0.1) is 22.0 Å². The summed E-state index contributed by atoms with van der Waals surface area (Å²) >= 11 is 9.28. The van der Waals surface area contributed by atoms with E-state index in [4.69, 9.17) is 16.3 Å². The predicted octanol–water partition coefficient (Wildman–Crippen LogP) is 4.57. The van der Waals surface area contributed by atoms with Gasteiger partial charge in [-0.1, -0.05) is 39.7 Å². The largest absolute Gasteiger partial charge is 0.456 e. The highest BCUT2D eigenvalue weighted by Crippen LogP contribution is 2.42. The highest BCUT2D eigenvalue weighted by atomic mass is 79.9. The Hall–Kier alpha value is -2.18. The third-order valence-electron chi connectivity index (χ3n) is 4.53. The van der Waals surface area contributed by atoms with Gasteiger partial charge in [0.2, 0.25) is 5.91 Å². The molecule has 2 aromatic rings. The Morgan fingerprint density at radius 3 is 2.73 bits per heavy atom. The van der Waals surface area contributed by atoms with Crippen molar-refractivity contribution in [2.45, 2.75) is 12.3 Å². The summed E-state index contributed by atoms with van der Waals surface area (Å²) in [5, 5.41) is -0.0863. The molecule has 132 valence electrons. The van der Waals surface area contributed by atoms with Crippen LogP contribution >= 0.6 is 27.5 Å². The van der Waals surface area contributed by atoms with E-state index in [1.807, 2.05) is 24.3 Å². The van der Waals surface area contributed by atoms with Gasteiger partial charge in [0.15, 0.2) is 0 Å². The molecule has 0 saturated heterocycles. The van der Waals surface area contributed by atoms with Gasteiger partial charge >= 0.3 is 5.97 Å². The molecule has 0 aromatic heterocycles. The maximum atomic E-state index is 13.5. The maximum absolute atomic E-state index is 13.5. The quantitative estimate of drug-likeness (QED) is 0.648. The highest BCUT2D eigenvalue weighted by molar-refractivity contribution is 9.10. The van der Waals surface area contributed by atoms with E-state index >= 15 is 0 Å². The van der Waals surface area contributed by atoms with E-state index in [-0.39, 0.29) is 29.9 Å². The van der Waals surface area contributed by atoms with E-state index in [0.29, 0.717) is 17.0 Å². The van der Waals surface area contributed by atoms with Crippen LogP contribution in [-0.2, 0) is 14.3 Å². The summed E-state index contributed by atoms with van der Waals surface area (Å²) < 4.78 is 19.6. The van der Waals surface area contributed by atoms with E-state index in [0.717, 1.165) is 10.0 Å². The number of hydrogen-bond acceptors (Lipinski definition) is 3. The van der Waals surface area contributed by atoms with Gasteiger partial charge < -0.3 is 4.74 Å². The van der Waals surface area contributed by atoms with Crippen molar-refractivity contribution in [1.82, 2.24) is 0 Å². The molecule has 2 aliphatic rings. The van der Waals surface area contributed by atoms with Crippen LogP contribution < -0.4 is 4.90 Å². The molecule has 0 spiro atoms. The third kappa shape index (κ3) is 2.83. The molecule has 4 rings (SSSR count). The van der Waals surface area contributed by atoms with Crippen LogP contribution in [0.15, 0.2) is 58.2 Å². The van der Waals surface area contributed by atoms with Crippen molar-refractivity contribution in [2.24, 2.45) is 0 Å². The predicted molar refractivity (Wildman–Crippen MR) is 98.4 cm³/mol. The average molecular weight is 437 g/mol. The number of carbonyl (C=O) groups excluding carboxylic acids is 2. The van der Waals surface area contributed by atoms with E-state index in [1.54, 1.807) is 0 Å². The fourth-order valence-electron chi connectivity index (χ4n) is 3.39. The second-order valence-corrected chi connectivity index (χ2v) is 7.40. The molecule has 7 heteroatoms. The lowest BCUT2D eigenvalue weighted by Crippen LogP contribution is -2.37. The summed E-state index contributed by atoms with van der Waals surface area (Å²) in [5.74, 6) is -1.58. The van der Waals surface area contributed by atoms with E-state index in [9.17, 15) is 14.0 Å². The van der Waals surface area contributed by atoms with Crippen molar-refractivity contribution in [3.63, 3.8) is 0 Å². The first-order chi connectivity index (χ1) is 12.5. The van der Waals surface area contributed by atoms with Crippen LogP contribution in [0.4, 0.5) is 10.1 Å². The molecular weight excluding hydrogens is 425 g/mol. The number of cyclic esters (lactones) is 1. The molecule has 0 fully saturated rings. The topological polar surface area (TPSA) is 46.6 Å². The molecule has 0 radical (unpaired) electrons. The lowest BCUT2D eigenvalue weighted by atomic mass is 9.84. The van der Waals surface area contributed by atoms with Gasteiger partial charge in [-0.15, -0.1) is 0 Å². The van der Waals surface area contributed by atoms with Gasteiger partial charge in [-0.25, -0.2) is 9.18 Å². The molecule has 1 amide bonds. The Balaban J connectivity index is 1.84. The SMILES string of the molecule is O=C1OCC2=C1C(c1cccc(Br)c1)CC(=O)N2c1ccc(F)c(Cl)c1. The molecule has 26 heavy (non-hydrogen) atoms. The Morgan fingerprint density at radius 1 is 1.19 bits per heavy atom. The molecule has 0 bridgehead atoms. The molecular formula is C19H12BrClFNO3. The molecule has 4 nitrogen and oxygen atoms in total. The zero-order valence-corrected chi connectivity index (χ0v) is 15.7. The molecule has 0 aliphatic carbocycles. The van der Waals surface area contributed by atoms with Gasteiger partial charge in [-0.3, -0.25) is 9.69 Å². The Morgan fingerprint density at radius 2 is 2.00 bits per heavy atom. The minimum atomic E-state index is -0.570. The van der Waals surface area contributed by atoms with Crippen LogP contribution in [-0.4, -0.2) is 18.5 Å². The smallest absolute Gasteiger partial charge is 0.336 e. The van der Waals surface area contributed by atoms with Crippen LogP contribution in [0.2, 0.25) is 5.02 Å². The van der Waals surface area contributed by atoms with Gasteiger partial charge in [-0.05, 0) is 35.9 Å². The van der Waals surface area contributed by atoms with Crippen LogP contribution in [0.25, 0.3) is 0 Å². The minimum Gasteiger partial charge on any atom is -0.456 e. The molecule has 1 unspecified atom stereocenters. The Labute approximate surface area is 162 Å². The molecule has 2 aromatic carbocycles. The molecule has 0 N–H and O–H groups in total.